The maximum atomic E-state index is 8.68. The van der Waals surface area contributed by atoms with Gasteiger partial charge in [0.05, 0.1) is 3.79 Å². The summed E-state index contributed by atoms with van der Waals surface area (Å²) >= 11 is 8.37. The molecule has 6 heteroatoms. The molecule has 0 bridgehead atoms. The van der Waals surface area contributed by atoms with Crippen molar-refractivity contribution in [3.63, 3.8) is 0 Å². The lowest BCUT2D eigenvalue weighted by atomic mass is 10.2. The highest BCUT2D eigenvalue weighted by molar-refractivity contribution is 9.13. The molecule has 0 aliphatic heterocycles. The van der Waals surface area contributed by atoms with Crippen LogP contribution in [0.25, 0.3) is 0 Å². The average Bonchev–Trinajstić information content (AvgIpc) is 2.33. The van der Waals surface area contributed by atoms with Crippen LogP contribution in [0, 0.1) is 0 Å². The van der Waals surface area contributed by atoms with E-state index in [9.17, 15) is 0 Å². The van der Waals surface area contributed by atoms with Crippen LogP contribution in [-0.2, 0) is 0 Å². The number of halogens is 3. The number of thiophene rings is 1. The second-order valence-electron chi connectivity index (χ2n) is 2.39. The average molecular weight is 351 g/mol. The van der Waals surface area contributed by atoms with Gasteiger partial charge in [-0.3, -0.25) is 0 Å². The van der Waals surface area contributed by atoms with Crippen molar-refractivity contribution < 1.29 is 5.11 Å². The van der Waals surface area contributed by atoms with E-state index in [2.05, 4.69) is 31.9 Å². The molecule has 1 atom stereocenters. The van der Waals surface area contributed by atoms with Gasteiger partial charge in [-0.15, -0.1) is 23.7 Å². The normalized spacial score (nSPS) is 12.3. The minimum absolute atomic E-state index is 0. The summed E-state index contributed by atoms with van der Waals surface area (Å²) in [5.41, 5.74) is 5.80. The van der Waals surface area contributed by atoms with Crippen molar-refractivity contribution in [3.05, 3.63) is 19.2 Å². The minimum atomic E-state index is -0.0531. The van der Waals surface area contributed by atoms with Crippen LogP contribution in [0.3, 0.4) is 0 Å². The molecule has 1 rings (SSSR count). The highest BCUT2D eigenvalue weighted by Gasteiger charge is 2.10. The molecule has 0 aromatic carbocycles. The van der Waals surface area contributed by atoms with Gasteiger partial charge < -0.3 is 10.8 Å². The first-order chi connectivity index (χ1) is 5.65. The van der Waals surface area contributed by atoms with Gasteiger partial charge in [0.15, 0.2) is 0 Å². The molecule has 0 amide bonds. The largest absolute Gasteiger partial charge is 0.396 e. The van der Waals surface area contributed by atoms with E-state index < -0.39 is 0 Å². The third-order valence-corrected chi connectivity index (χ3v) is 4.86. The lowest BCUT2D eigenvalue weighted by molar-refractivity contribution is 0.277. The Morgan fingerprint density at radius 2 is 2.15 bits per heavy atom. The van der Waals surface area contributed by atoms with Crippen LogP contribution in [0.2, 0.25) is 0 Å². The van der Waals surface area contributed by atoms with Gasteiger partial charge in [-0.1, -0.05) is 0 Å². The number of aliphatic hydroxyl groups is 1. The van der Waals surface area contributed by atoms with E-state index >= 15 is 0 Å². The highest BCUT2D eigenvalue weighted by atomic mass is 79.9. The van der Waals surface area contributed by atoms with Crippen LogP contribution in [0.15, 0.2) is 14.3 Å². The van der Waals surface area contributed by atoms with E-state index in [-0.39, 0.29) is 25.1 Å². The molecule has 2 nitrogen and oxygen atoms in total. The Labute approximate surface area is 104 Å². The summed E-state index contributed by atoms with van der Waals surface area (Å²) in [6.07, 6.45) is 0.611. The molecule has 13 heavy (non-hydrogen) atoms. The molecule has 76 valence electrons. The quantitative estimate of drug-likeness (QED) is 0.879. The van der Waals surface area contributed by atoms with Crippen LogP contribution >= 0.6 is 55.6 Å². The zero-order valence-electron chi connectivity index (χ0n) is 6.67. The summed E-state index contributed by atoms with van der Waals surface area (Å²) in [4.78, 5) is 1.09. The molecule has 3 N–H and O–H groups in total. The standard InChI is InChI=1S/C7H9Br2NOS.ClH/c8-4-3-6(12-7(4)9)5(10)1-2-11;/h3,5,11H,1-2,10H2;1H/t5-;/m0./s1. The van der Waals surface area contributed by atoms with Gasteiger partial charge >= 0.3 is 0 Å². The fraction of sp³-hybridized carbons (Fsp3) is 0.429. The number of nitrogens with two attached hydrogens (primary N) is 1. The van der Waals surface area contributed by atoms with E-state index in [0.717, 1.165) is 13.1 Å². The monoisotopic (exact) mass is 349 g/mol. The smallest absolute Gasteiger partial charge is 0.0843 e. The van der Waals surface area contributed by atoms with Gasteiger partial charge in [0.2, 0.25) is 0 Å². The van der Waals surface area contributed by atoms with Gasteiger partial charge in [0, 0.05) is 22.0 Å². The number of hydrogen-bond donors (Lipinski definition) is 2. The van der Waals surface area contributed by atoms with E-state index in [0.29, 0.717) is 6.42 Å². The number of aliphatic hydroxyl groups excluding tert-OH is 1. The van der Waals surface area contributed by atoms with E-state index in [1.165, 1.54) is 0 Å². The molecule has 0 fully saturated rings. The zero-order valence-corrected chi connectivity index (χ0v) is 11.5. The first-order valence-electron chi connectivity index (χ1n) is 3.46. The molecule has 0 aliphatic rings. The molecule has 0 saturated heterocycles. The third-order valence-electron chi connectivity index (χ3n) is 1.47. The van der Waals surface area contributed by atoms with Gasteiger partial charge in [0.1, 0.15) is 0 Å². The SMILES string of the molecule is Cl.N[C@@H](CCO)c1cc(Br)c(Br)s1. The topological polar surface area (TPSA) is 46.2 Å². The Kier molecular flexibility index (Phi) is 6.80. The summed E-state index contributed by atoms with van der Waals surface area (Å²) in [5.74, 6) is 0. The highest BCUT2D eigenvalue weighted by Crippen LogP contribution is 2.35. The van der Waals surface area contributed by atoms with Gasteiger partial charge in [0.25, 0.3) is 0 Å². The minimum Gasteiger partial charge on any atom is -0.396 e. The van der Waals surface area contributed by atoms with Crippen LogP contribution in [0.4, 0.5) is 0 Å². The Morgan fingerprint density at radius 3 is 2.54 bits per heavy atom. The molecule has 1 aromatic rings. The van der Waals surface area contributed by atoms with Crippen LogP contribution in [-0.4, -0.2) is 11.7 Å². The van der Waals surface area contributed by atoms with Crippen molar-refractivity contribution in [2.75, 3.05) is 6.61 Å². The van der Waals surface area contributed by atoms with Crippen molar-refractivity contribution in [1.29, 1.82) is 0 Å². The molecule has 0 radical (unpaired) electrons. The summed E-state index contributed by atoms with van der Waals surface area (Å²) in [6, 6.07) is 1.93. The van der Waals surface area contributed by atoms with Gasteiger partial charge in [-0.2, -0.15) is 0 Å². The van der Waals surface area contributed by atoms with E-state index in [1.807, 2.05) is 6.07 Å². The van der Waals surface area contributed by atoms with Gasteiger partial charge in [-0.25, -0.2) is 0 Å². The van der Waals surface area contributed by atoms with E-state index in [4.69, 9.17) is 10.8 Å². The van der Waals surface area contributed by atoms with Crippen LogP contribution in [0.5, 0.6) is 0 Å². The van der Waals surface area contributed by atoms with Gasteiger partial charge in [-0.05, 0) is 44.3 Å². The lowest BCUT2D eigenvalue weighted by Gasteiger charge is -2.05. The molecular formula is C7H10Br2ClNOS. The van der Waals surface area contributed by atoms with Crippen molar-refractivity contribution in [2.24, 2.45) is 5.73 Å². The van der Waals surface area contributed by atoms with Crippen LogP contribution < -0.4 is 5.73 Å². The Bertz CT molecular complexity index is 249. The first kappa shape index (κ1) is 13.9. The molecule has 0 saturated carbocycles. The molecule has 0 unspecified atom stereocenters. The zero-order chi connectivity index (χ0) is 9.14. The summed E-state index contributed by atoms with van der Waals surface area (Å²) in [5, 5.41) is 8.68. The third kappa shape index (κ3) is 3.85. The second kappa shape index (κ2) is 6.37. The maximum absolute atomic E-state index is 8.68. The molecule has 0 aliphatic carbocycles. The number of rotatable bonds is 3. The maximum Gasteiger partial charge on any atom is 0.0843 e. The fourth-order valence-electron chi connectivity index (χ4n) is 0.827. The molecule has 1 heterocycles. The van der Waals surface area contributed by atoms with Crippen molar-refractivity contribution >= 4 is 55.6 Å². The molecule has 0 spiro atoms. The summed E-state index contributed by atoms with van der Waals surface area (Å²) < 4.78 is 2.07. The first-order valence-corrected chi connectivity index (χ1v) is 5.86. The lowest BCUT2D eigenvalue weighted by Crippen LogP contribution is -2.09. The Hall–Kier alpha value is 0.870. The van der Waals surface area contributed by atoms with E-state index in [1.54, 1.807) is 11.3 Å². The second-order valence-corrected chi connectivity index (χ2v) is 5.65. The summed E-state index contributed by atoms with van der Waals surface area (Å²) in [6.45, 7) is 0.133. The predicted octanol–water partition coefficient (Wildman–Crippen LogP) is 3.08. The Morgan fingerprint density at radius 1 is 1.54 bits per heavy atom. The van der Waals surface area contributed by atoms with Crippen molar-refractivity contribution in [2.45, 2.75) is 12.5 Å². The van der Waals surface area contributed by atoms with Crippen LogP contribution in [0.1, 0.15) is 17.3 Å². The summed E-state index contributed by atoms with van der Waals surface area (Å²) in [7, 11) is 0. The predicted molar refractivity (Wildman–Crippen MR) is 65.6 cm³/mol. The fourth-order valence-corrected chi connectivity index (χ4v) is 2.95. The Balaban J connectivity index is 0.00000144. The molecular weight excluding hydrogens is 341 g/mol. The van der Waals surface area contributed by atoms with Crippen molar-refractivity contribution in [1.82, 2.24) is 0 Å². The van der Waals surface area contributed by atoms with Crippen molar-refractivity contribution in [3.8, 4) is 0 Å². The number of hydrogen-bond acceptors (Lipinski definition) is 3. The molecule has 1 aromatic heterocycles.